The number of amides is 1. The average molecular weight is 271 g/mol. The number of aryl methyl sites for hydroxylation is 3. The van der Waals surface area contributed by atoms with Crippen LogP contribution in [-0.2, 0) is 6.42 Å². The minimum Gasteiger partial charge on any atom is -0.307 e. The van der Waals surface area contributed by atoms with Gasteiger partial charge in [0.25, 0.3) is 5.91 Å². The van der Waals surface area contributed by atoms with Crippen molar-refractivity contribution in [3.63, 3.8) is 0 Å². The Morgan fingerprint density at radius 3 is 2.79 bits per heavy atom. The largest absolute Gasteiger partial charge is 0.307 e. The second-order valence-corrected chi connectivity index (χ2v) is 6.34. The maximum Gasteiger partial charge on any atom is 0.268 e. The molecule has 0 bridgehead atoms. The highest BCUT2D eigenvalue weighted by Crippen LogP contribution is 2.32. The standard InChI is InChI=1S/C16H17NOS/c1-11-5-3-6-13-7-4-10-17(15(11)13)16(18)14-9-8-12(2)19-14/h3,5-6,8-9H,4,7,10H2,1-2H3. The lowest BCUT2D eigenvalue weighted by molar-refractivity contribution is 0.0989. The number of hydrogen-bond donors (Lipinski definition) is 0. The van der Waals surface area contributed by atoms with E-state index in [-0.39, 0.29) is 5.91 Å². The van der Waals surface area contributed by atoms with Crippen LogP contribution in [0.2, 0.25) is 0 Å². The molecule has 1 amide bonds. The zero-order valence-electron chi connectivity index (χ0n) is 11.3. The van der Waals surface area contributed by atoms with Gasteiger partial charge in [0.05, 0.1) is 10.6 Å². The second-order valence-electron chi connectivity index (χ2n) is 5.05. The number of nitrogens with zero attached hydrogens (tertiary/aromatic N) is 1. The highest BCUT2D eigenvalue weighted by Gasteiger charge is 2.25. The van der Waals surface area contributed by atoms with Crippen molar-refractivity contribution in [3.05, 3.63) is 51.2 Å². The summed E-state index contributed by atoms with van der Waals surface area (Å²) < 4.78 is 0. The van der Waals surface area contributed by atoms with Crippen LogP contribution in [0.15, 0.2) is 30.3 Å². The van der Waals surface area contributed by atoms with Crippen molar-refractivity contribution in [2.75, 3.05) is 11.4 Å². The number of carbonyl (C=O) groups excluding carboxylic acids is 1. The second kappa shape index (κ2) is 4.82. The minimum atomic E-state index is 0.147. The van der Waals surface area contributed by atoms with Crippen LogP contribution in [0.5, 0.6) is 0 Å². The van der Waals surface area contributed by atoms with Crippen molar-refractivity contribution in [2.45, 2.75) is 26.7 Å². The van der Waals surface area contributed by atoms with Gasteiger partial charge in [0.2, 0.25) is 0 Å². The number of rotatable bonds is 1. The fourth-order valence-electron chi connectivity index (χ4n) is 2.73. The zero-order valence-corrected chi connectivity index (χ0v) is 12.1. The van der Waals surface area contributed by atoms with Crippen LogP contribution in [0.25, 0.3) is 0 Å². The van der Waals surface area contributed by atoms with E-state index in [1.807, 2.05) is 24.0 Å². The quantitative estimate of drug-likeness (QED) is 0.769. The fraction of sp³-hybridized carbons (Fsp3) is 0.312. The highest BCUT2D eigenvalue weighted by molar-refractivity contribution is 7.14. The first kappa shape index (κ1) is 12.4. The molecule has 0 saturated carbocycles. The molecule has 3 rings (SSSR count). The Balaban J connectivity index is 2.02. The lowest BCUT2D eigenvalue weighted by Crippen LogP contribution is -2.35. The van der Waals surface area contributed by atoms with E-state index in [1.165, 1.54) is 16.0 Å². The van der Waals surface area contributed by atoms with Crippen molar-refractivity contribution in [2.24, 2.45) is 0 Å². The average Bonchev–Trinajstić information content (AvgIpc) is 2.84. The normalized spacial score (nSPS) is 14.3. The fourth-order valence-corrected chi connectivity index (χ4v) is 3.55. The summed E-state index contributed by atoms with van der Waals surface area (Å²) in [7, 11) is 0. The molecule has 1 aromatic carbocycles. The first-order valence-electron chi connectivity index (χ1n) is 6.63. The maximum absolute atomic E-state index is 12.7. The van der Waals surface area contributed by atoms with Gasteiger partial charge >= 0.3 is 0 Å². The van der Waals surface area contributed by atoms with E-state index in [1.54, 1.807) is 11.3 Å². The number of benzene rings is 1. The molecule has 0 saturated heterocycles. The van der Waals surface area contributed by atoms with E-state index in [2.05, 4.69) is 25.1 Å². The monoisotopic (exact) mass is 271 g/mol. The van der Waals surface area contributed by atoms with Gasteiger partial charge in [-0.2, -0.15) is 0 Å². The third-order valence-corrected chi connectivity index (χ3v) is 4.60. The number of hydrogen-bond acceptors (Lipinski definition) is 2. The predicted octanol–water partition coefficient (Wildman–Crippen LogP) is 3.96. The summed E-state index contributed by atoms with van der Waals surface area (Å²) in [6.45, 7) is 4.95. The Labute approximate surface area is 117 Å². The van der Waals surface area contributed by atoms with Gasteiger partial charge in [-0.3, -0.25) is 4.79 Å². The summed E-state index contributed by atoms with van der Waals surface area (Å²) in [5.74, 6) is 0.147. The van der Waals surface area contributed by atoms with Crippen LogP contribution in [0, 0.1) is 13.8 Å². The van der Waals surface area contributed by atoms with Crippen molar-refractivity contribution in [1.29, 1.82) is 0 Å². The number of carbonyl (C=O) groups is 1. The van der Waals surface area contributed by atoms with Crippen LogP contribution < -0.4 is 4.90 Å². The Kier molecular flexibility index (Phi) is 3.15. The number of fused-ring (bicyclic) bond motifs is 1. The van der Waals surface area contributed by atoms with E-state index in [0.717, 1.165) is 30.0 Å². The van der Waals surface area contributed by atoms with Crippen molar-refractivity contribution < 1.29 is 4.79 Å². The molecule has 0 fully saturated rings. The van der Waals surface area contributed by atoms with Gasteiger partial charge in [0, 0.05) is 11.4 Å². The molecule has 3 heteroatoms. The molecular weight excluding hydrogens is 254 g/mol. The molecule has 1 aliphatic heterocycles. The third-order valence-electron chi connectivity index (χ3n) is 3.62. The lowest BCUT2D eigenvalue weighted by atomic mass is 9.98. The summed E-state index contributed by atoms with van der Waals surface area (Å²) in [5.41, 5.74) is 3.62. The summed E-state index contributed by atoms with van der Waals surface area (Å²) in [4.78, 5) is 16.6. The van der Waals surface area contributed by atoms with Crippen molar-refractivity contribution in [1.82, 2.24) is 0 Å². The van der Waals surface area contributed by atoms with Crippen LogP contribution in [0.3, 0.4) is 0 Å². The molecule has 1 aromatic heterocycles. The van der Waals surface area contributed by atoms with Crippen LogP contribution >= 0.6 is 11.3 Å². The molecule has 19 heavy (non-hydrogen) atoms. The Morgan fingerprint density at radius 2 is 2.05 bits per heavy atom. The summed E-state index contributed by atoms with van der Waals surface area (Å²) in [6, 6.07) is 10.3. The van der Waals surface area contributed by atoms with E-state index >= 15 is 0 Å². The van der Waals surface area contributed by atoms with E-state index in [9.17, 15) is 4.79 Å². The Morgan fingerprint density at radius 1 is 1.21 bits per heavy atom. The molecule has 0 spiro atoms. The molecule has 0 N–H and O–H groups in total. The van der Waals surface area contributed by atoms with Gasteiger partial charge < -0.3 is 4.90 Å². The first-order chi connectivity index (χ1) is 9.16. The van der Waals surface area contributed by atoms with Crippen LogP contribution in [-0.4, -0.2) is 12.5 Å². The van der Waals surface area contributed by atoms with Gasteiger partial charge in [-0.05, 0) is 49.9 Å². The van der Waals surface area contributed by atoms with Crippen LogP contribution in [0.1, 0.15) is 32.1 Å². The molecule has 2 aromatic rings. The molecule has 0 unspecified atom stereocenters. The first-order valence-corrected chi connectivity index (χ1v) is 7.45. The van der Waals surface area contributed by atoms with Gasteiger partial charge in [0.1, 0.15) is 0 Å². The number of anilines is 1. The lowest BCUT2D eigenvalue weighted by Gasteiger charge is -2.30. The molecule has 1 aliphatic rings. The van der Waals surface area contributed by atoms with Gasteiger partial charge in [0.15, 0.2) is 0 Å². The summed E-state index contributed by atoms with van der Waals surface area (Å²) >= 11 is 1.58. The summed E-state index contributed by atoms with van der Waals surface area (Å²) in [6.07, 6.45) is 2.12. The zero-order chi connectivity index (χ0) is 13.4. The molecule has 2 nitrogen and oxygen atoms in total. The smallest absolute Gasteiger partial charge is 0.268 e. The highest BCUT2D eigenvalue weighted by atomic mass is 32.1. The molecule has 98 valence electrons. The number of para-hydroxylation sites is 1. The van der Waals surface area contributed by atoms with Crippen molar-refractivity contribution >= 4 is 22.9 Å². The molecule has 0 radical (unpaired) electrons. The van der Waals surface area contributed by atoms with E-state index in [4.69, 9.17) is 0 Å². The number of thiophene rings is 1. The van der Waals surface area contributed by atoms with E-state index in [0.29, 0.717) is 0 Å². The SMILES string of the molecule is Cc1ccc(C(=O)N2CCCc3cccc(C)c32)s1. The summed E-state index contributed by atoms with van der Waals surface area (Å²) in [5, 5.41) is 0. The van der Waals surface area contributed by atoms with Gasteiger partial charge in [-0.1, -0.05) is 18.2 Å². The van der Waals surface area contributed by atoms with Gasteiger partial charge in [-0.15, -0.1) is 11.3 Å². The van der Waals surface area contributed by atoms with Crippen molar-refractivity contribution in [3.8, 4) is 0 Å². The molecule has 0 atom stereocenters. The predicted molar refractivity (Wildman–Crippen MR) is 80.2 cm³/mol. The van der Waals surface area contributed by atoms with Gasteiger partial charge in [-0.25, -0.2) is 0 Å². The minimum absolute atomic E-state index is 0.147. The third kappa shape index (κ3) is 2.19. The maximum atomic E-state index is 12.7. The molecular formula is C16H17NOS. The Bertz CT molecular complexity index is 629. The molecule has 0 aliphatic carbocycles. The van der Waals surface area contributed by atoms with Crippen LogP contribution in [0.4, 0.5) is 5.69 Å². The van der Waals surface area contributed by atoms with E-state index < -0.39 is 0 Å². The molecule has 2 heterocycles. The Hall–Kier alpha value is -1.61. The topological polar surface area (TPSA) is 20.3 Å².